The van der Waals surface area contributed by atoms with Gasteiger partial charge in [0.2, 0.25) is 0 Å². The van der Waals surface area contributed by atoms with E-state index in [1.54, 1.807) is 0 Å². The third kappa shape index (κ3) is 2.02. The predicted molar refractivity (Wildman–Crippen MR) is 80.7 cm³/mol. The molecule has 0 saturated heterocycles. The fourth-order valence-electron chi connectivity index (χ4n) is 2.62. The number of aryl methyl sites for hydroxylation is 1. The van der Waals surface area contributed by atoms with Gasteiger partial charge >= 0.3 is 0 Å². The highest BCUT2D eigenvalue weighted by atomic mass is 16.3. The van der Waals surface area contributed by atoms with Crippen LogP contribution in [0.25, 0.3) is 22.2 Å². The second-order valence-corrected chi connectivity index (χ2v) is 5.13. The Kier molecular flexibility index (Phi) is 3.32. The number of fused-ring (bicyclic) bond motifs is 1. The maximum absolute atomic E-state index is 9.42. The van der Waals surface area contributed by atoms with E-state index in [0.29, 0.717) is 0 Å². The van der Waals surface area contributed by atoms with Gasteiger partial charge in [-0.1, -0.05) is 25.1 Å². The molecule has 0 aliphatic rings. The number of aliphatic hydroxyl groups excluding tert-OH is 1. The van der Waals surface area contributed by atoms with E-state index in [1.807, 2.05) is 25.3 Å². The Morgan fingerprint density at radius 1 is 1.30 bits per heavy atom. The van der Waals surface area contributed by atoms with E-state index in [-0.39, 0.29) is 12.5 Å². The molecule has 3 rings (SSSR count). The number of hydrogen-bond donors (Lipinski definition) is 3. The molecule has 0 radical (unpaired) electrons. The van der Waals surface area contributed by atoms with Crippen LogP contribution in [0.15, 0.2) is 30.5 Å². The van der Waals surface area contributed by atoms with Crippen molar-refractivity contribution in [2.24, 2.45) is 0 Å². The maximum atomic E-state index is 9.42. The zero-order valence-corrected chi connectivity index (χ0v) is 11.8. The summed E-state index contributed by atoms with van der Waals surface area (Å²) in [6.07, 6.45) is 2.87. The van der Waals surface area contributed by atoms with E-state index in [9.17, 15) is 5.11 Å². The maximum Gasteiger partial charge on any atom is 0.112 e. The van der Waals surface area contributed by atoms with Gasteiger partial charge in [0.05, 0.1) is 12.3 Å². The van der Waals surface area contributed by atoms with Gasteiger partial charge in [-0.05, 0) is 19.4 Å². The minimum atomic E-state index is 0.0765. The van der Waals surface area contributed by atoms with Crippen molar-refractivity contribution in [1.82, 2.24) is 15.0 Å². The summed E-state index contributed by atoms with van der Waals surface area (Å²) in [4.78, 5) is 11.3. The van der Waals surface area contributed by atoms with Crippen molar-refractivity contribution in [3.63, 3.8) is 0 Å². The molecule has 3 aromatic rings. The number of para-hydroxylation sites is 1. The van der Waals surface area contributed by atoms with Crippen LogP contribution in [0.1, 0.15) is 30.8 Å². The summed E-state index contributed by atoms with van der Waals surface area (Å²) in [6.45, 7) is 4.21. The molecule has 1 unspecified atom stereocenters. The fourth-order valence-corrected chi connectivity index (χ4v) is 2.62. The summed E-state index contributed by atoms with van der Waals surface area (Å²) in [5.41, 5.74) is 4.22. The quantitative estimate of drug-likeness (QED) is 0.680. The van der Waals surface area contributed by atoms with Crippen LogP contribution in [0.2, 0.25) is 0 Å². The highest BCUT2D eigenvalue weighted by molar-refractivity contribution is 5.95. The van der Waals surface area contributed by atoms with E-state index in [0.717, 1.165) is 34.7 Å². The van der Waals surface area contributed by atoms with Crippen LogP contribution in [0.3, 0.4) is 0 Å². The highest BCUT2D eigenvalue weighted by Gasteiger charge is 2.17. The Morgan fingerprint density at radius 3 is 2.85 bits per heavy atom. The van der Waals surface area contributed by atoms with Gasteiger partial charge in [-0.3, -0.25) is 0 Å². The molecule has 2 aromatic heterocycles. The first-order chi connectivity index (χ1) is 9.74. The lowest BCUT2D eigenvalue weighted by molar-refractivity contribution is 0.258. The zero-order valence-electron chi connectivity index (χ0n) is 11.8. The van der Waals surface area contributed by atoms with E-state index in [4.69, 9.17) is 4.98 Å². The summed E-state index contributed by atoms with van der Waals surface area (Å²) in [6, 6.07) is 8.21. The Labute approximate surface area is 117 Å². The molecule has 0 aliphatic carbocycles. The first-order valence-corrected chi connectivity index (χ1v) is 6.98. The van der Waals surface area contributed by atoms with E-state index >= 15 is 0 Å². The lowest BCUT2D eigenvalue weighted by Crippen LogP contribution is -2.04. The van der Waals surface area contributed by atoms with Gasteiger partial charge < -0.3 is 15.1 Å². The Morgan fingerprint density at radius 2 is 2.10 bits per heavy atom. The minimum absolute atomic E-state index is 0.0765. The van der Waals surface area contributed by atoms with Crippen LogP contribution in [-0.4, -0.2) is 26.7 Å². The number of nitrogens with one attached hydrogen (secondary N) is 2. The van der Waals surface area contributed by atoms with Crippen molar-refractivity contribution in [3.8, 4) is 11.3 Å². The van der Waals surface area contributed by atoms with Gasteiger partial charge in [0, 0.05) is 34.3 Å². The van der Waals surface area contributed by atoms with Crippen molar-refractivity contribution in [3.05, 3.63) is 42.0 Å². The summed E-state index contributed by atoms with van der Waals surface area (Å²) < 4.78 is 0. The Balaban J connectivity index is 2.10. The minimum Gasteiger partial charge on any atom is -0.396 e. The molecule has 4 nitrogen and oxygen atoms in total. The van der Waals surface area contributed by atoms with Crippen molar-refractivity contribution in [2.75, 3.05) is 6.61 Å². The average Bonchev–Trinajstić information content (AvgIpc) is 3.04. The largest absolute Gasteiger partial charge is 0.396 e. The number of hydrogen-bond acceptors (Lipinski definition) is 2. The molecule has 1 atom stereocenters. The lowest BCUT2D eigenvalue weighted by Gasteiger charge is -2.06. The van der Waals surface area contributed by atoms with Gasteiger partial charge in [0.25, 0.3) is 0 Å². The van der Waals surface area contributed by atoms with Crippen LogP contribution in [0.4, 0.5) is 0 Å². The standard InChI is InChI=1S/C16H19N3O/c1-3-11(9-20)16-18-10(2)15(19-16)13-8-17-14-7-5-4-6-12(13)14/h4-8,11,17,20H,3,9H2,1-2H3,(H,18,19). The molecule has 20 heavy (non-hydrogen) atoms. The normalized spacial score (nSPS) is 12.9. The van der Waals surface area contributed by atoms with Crippen molar-refractivity contribution >= 4 is 10.9 Å². The molecule has 0 aliphatic heterocycles. The zero-order chi connectivity index (χ0) is 14.1. The monoisotopic (exact) mass is 269 g/mol. The fraction of sp³-hybridized carbons (Fsp3) is 0.312. The molecule has 4 heteroatoms. The average molecular weight is 269 g/mol. The van der Waals surface area contributed by atoms with Crippen LogP contribution in [0, 0.1) is 6.92 Å². The van der Waals surface area contributed by atoms with Crippen molar-refractivity contribution in [2.45, 2.75) is 26.2 Å². The number of H-pyrrole nitrogens is 2. The van der Waals surface area contributed by atoms with Gasteiger partial charge in [0.1, 0.15) is 5.82 Å². The second kappa shape index (κ2) is 5.13. The van der Waals surface area contributed by atoms with Crippen LogP contribution >= 0.6 is 0 Å². The van der Waals surface area contributed by atoms with Crippen LogP contribution in [-0.2, 0) is 0 Å². The number of rotatable bonds is 4. The summed E-state index contributed by atoms with van der Waals surface area (Å²) in [5, 5.41) is 10.6. The highest BCUT2D eigenvalue weighted by Crippen LogP contribution is 2.30. The molecule has 0 spiro atoms. The van der Waals surface area contributed by atoms with Crippen LogP contribution in [0.5, 0.6) is 0 Å². The topological polar surface area (TPSA) is 64.7 Å². The molecule has 3 N–H and O–H groups in total. The number of aliphatic hydroxyl groups is 1. The first kappa shape index (κ1) is 12.9. The summed E-state index contributed by atoms with van der Waals surface area (Å²) >= 11 is 0. The third-order valence-corrected chi connectivity index (χ3v) is 3.85. The molecular weight excluding hydrogens is 250 g/mol. The van der Waals surface area contributed by atoms with E-state index in [2.05, 4.69) is 29.0 Å². The summed E-state index contributed by atoms with van der Waals surface area (Å²) in [5.74, 6) is 0.945. The van der Waals surface area contributed by atoms with E-state index in [1.165, 1.54) is 5.39 Å². The number of aromatic nitrogens is 3. The van der Waals surface area contributed by atoms with Crippen molar-refractivity contribution < 1.29 is 5.11 Å². The molecule has 0 amide bonds. The lowest BCUT2D eigenvalue weighted by atomic mass is 10.1. The number of imidazole rings is 1. The summed E-state index contributed by atoms with van der Waals surface area (Å²) in [7, 11) is 0. The number of aromatic amines is 2. The SMILES string of the molecule is CCC(CO)c1nc(-c2c[nH]c3ccccc23)c(C)[nH]1. The van der Waals surface area contributed by atoms with Crippen LogP contribution < -0.4 is 0 Å². The van der Waals surface area contributed by atoms with Gasteiger partial charge in [-0.2, -0.15) is 0 Å². The third-order valence-electron chi connectivity index (χ3n) is 3.85. The van der Waals surface area contributed by atoms with Gasteiger partial charge in [-0.25, -0.2) is 4.98 Å². The molecule has 2 heterocycles. The first-order valence-electron chi connectivity index (χ1n) is 6.98. The van der Waals surface area contributed by atoms with Gasteiger partial charge in [-0.15, -0.1) is 0 Å². The smallest absolute Gasteiger partial charge is 0.112 e. The molecule has 104 valence electrons. The number of benzene rings is 1. The molecular formula is C16H19N3O. The Hall–Kier alpha value is -2.07. The molecule has 1 aromatic carbocycles. The number of nitrogens with zero attached hydrogens (tertiary/aromatic N) is 1. The molecule has 0 saturated carbocycles. The predicted octanol–water partition coefficient (Wildman–Crippen LogP) is 3.35. The second-order valence-electron chi connectivity index (χ2n) is 5.13. The van der Waals surface area contributed by atoms with E-state index < -0.39 is 0 Å². The van der Waals surface area contributed by atoms with Gasteiger partial charge in [0.15, 0.2) is 0 Å². The van der Waals surface area contributed by atoms with Crippen molar-refractivity contribution in [1.29, 1.82) is 0 Å². The Bertz CT molecular complexity index is 722. The molecule has 0 fully saturated rings. The molecule has 0 bridgehead atoms.